The number of benzene rings is 3. The van der Waals surface area contributed by atoms with E-state index >= 15 is 0 Å². The molecule has 154 valence electrons. The van der Waals surface area contributed by atoms with Crippen LogP contribution < -0.4 is 14.8 Å². The molecule has 4 heteroatoms. The molecule has 0 saturated carbocycles. The van der Waals surface area contributed by atoms with Gasteiger partial charge >= 0.3 is 0 Å². The molecule has 0 radical (unpaired) electrons. The SMILES string of the molecule is Cc1ccc(NC(=O)c2ccc(COc3cccc4c3OC(C)(C)C4)cc2)c(C)c1. The molecule has 1 N–H and O–H groups in total. The van der Waals surface area contributed by atoms with Crippen molar-refractivity contribution in [2.75, 3.05) is 5.32 Å². The number of rotatable bonds is 5. The summed E-state index contributed by atoms with van der Waals surface area (Å²) in [5.74, 6) is 1.48. The van der Waals surface area contributed by atoms with Crippen LogP contribution in [-0.2, 0) is 13.0 Å². The van der Waals surface area contributed by atoms with Gasteiger partial charge in [0.15, 0.2) is 11.5 Å². The number of nitrogens with one attached hydrogen (secondary N) is 1. The Morgan fingerprint density at radius 1 is 1.07 bits per heavy atom. The van der Waals surface area contributed by atoms with Crippen LogP contribution in [0.5, 0.6) is 11.5 Å². The van der Waals surface area contributed by atoms with Gasteiger partial charge in [0.05, 0.1) is 0 Å². The van der Waals surface area contributed by atoms with Gasteiger partial charge in [-0.3, -0.25) is 4.79 Å². The van der Waals surface area contributed by atoms with Crippen LogP contribution in [0.3, 0.4) is 0 Å². The number of fused-ring (bicyclic) bond motifs is 1. The first-order chi connectivity index (χ1) is 14.3. The molecule has 1 heterocycles. The minimum absolute atomic E-state index is 0.120. The quantitative estimate of drug-likeness (QED) is 0.583. The maximum Gasteiger partial charge on any atom is 0.255 e. The minimum Gasteiger partial charge on any atom is -0.485 e. The smallest absolute Gasteiger partial charge is 0.255 e. The first-order valence-electron chi connectivity index (χ1n) is 10.2. The fourth-order valence-electron chi connectivity index (χ4n) is 3.76. The predicted molar refractivity (Wildman–Crippen MR) is 119 cm³/mol. The van der Waals surface area contributed by atoms with Gasteiger partial charge in [0.1, 0.15) is 12.2 Å². The number of aryl methyl sites for hydroxylation is 2. The van der Waals surface area contributed by atoms with Crippen LogP contribution in [0.15, 0.2) is 60.7 Å². The normalized spacial score (nSPS) is 14.0. The van der Waals surface area contributed by atoms with Gasteiger partial charge < -0.3 is 14.8 Å². The molecule has 30 heavy (non-hydrogen) atoms. The molecule has 0 saturated heterocycles. The zero-order valence-corrected chi connectivity index (χ0v) is 17.9. The van der Waals surface area contributed by atoms with Gasteiger partial charge in [-0.1, -0.05) is 42.0 Å². The molecule has 3 aromatic rings. The van der Waals surface area contributed by atoms with Gasteiger partial charge in [0, 0.05) is 23.2 Å². The first-order valence-corrected chi connectivity index (χ1v) is 10.2. The van der Waals surface area contributed by atoms with Crippen LogP contribution in [0.25, 0.3) is 0 Å². The highest BCUT2D eigenvalue weighted by atomic mass is 16.5. The van der Waals surface area contributed by atoms with Crippen molar-refractivity contribution >= 4 is 11.6 Å². The van der Waals surface area contributed by atoms with Crippen LogP contribution in [0, 0.1) is 13.8 Å². The van der Waals surface area contributed by atoms with E-state index in [-0.39, 0.29) is 11.5 Å². The summed E-state index contributed by atoms with van der Waals surface area (Å²) >= 11 is 0. The van der Waals surface area contributed by atoms with E-state index < -0.39 is 0 Å². The molecular weight excluding hydrogens is 374 g/mol. The number of hydrogen-bond donors (Lipinski definition) is 1. The number of anilines is 1. The van der Waals surface area contributed by atoms with E-state index in [1.807, 2.05) is 62.4 Å². The molecular formula is C26H27NO3. The summed E-state index contributed by atoms with van der Waals surface area (Å²) in [6.07, 6.45) is 0.879. The van der Waals surface area contributed by atoms with E-state index in [0.29, 0.717) is 12.2 Å². The average molecular weight is 402 g/mol. The second kappa shape index (κ2) is 7.86. The summed E-state index contributed by atoms with van der Waals surface area (Å²) in [5.41, 5.74) is 5.64. The molecule has 0 atom stereocenters. The van der Waals surface area contributed by atoms with Gasteiger partial charge in [0.2, 0.25) is 0 Å². The van der Waals surface area contributed by atoms with E-state index in [0.717, 1.165) is 34.7 Å². The van der Waals surface area contributed by atoms with E-state index in [1.54, 1.807) is 0 Å². The largest absolute Gasteiger partial charge is 0.485 e. The van der Waals surface area contributed by atoms with Crippen LogP contribution in [0.2, 0.25) is 0 Å². The average Bonchev–Trinajstić information content (AvgIpc) is 3.03. The molecule has 0 aliphatic carbocycles. The number of para-hydroxylation sites is 1. The van der Waals surface area contributed by atoms with Crippen molar-refractivity contribution in [3.63, 3.8) is 0 Å². The second-order valence-electron chi connectivity index (χ2n) is 8.54. The van der Waals surface area contributed by atoms with Gasteiger partial charge in [-0.25, -0.2) is 0 Å². The van der Waals surface area contributed by atoms with E-state index in [2.05, 4.69) is 31.3 Å². The fourth-order valence-corrected chi connectivity index (χ4v) is 3.76. The van der Waals surface area contributed by atoms with E-state index in [9.17, 15) is 4.79 Å². The Morgan fingerprint density at radius 3 is 2.57 bits per heavy atom. The van der Waals surface area contributed by atoms with E-state index in [1.165, 1.54) is 11.1 Å². The third kappa shape index (κ3) is 4.33. The number of hydrogen-bond acceptors (Lipinski definition) is 3. The Bertz CT molecular complexity index is 1080. The summed E-state index contributed by atoms with van der Waals surface area (Å²) in [7, 11) is 0. The topological polar surface area (TPSA) is 47.6 Å². The van der Waals surface area contributed by atoms with Gasteiger partial charge in [-0.2, -0.15) is 0 Å². The molecule has 1 aliphatic rings. The van der Waals surface area contributed by atoms with Gasteiger partial charge in [-0.15, -0.1) is 0 Å². The van der Waals surface area contributed by atoms with Crippen LogP contribution in [-0.4, -0.2) is 11.5 Å². The van der Waals surface area contributed by atoms with Crippen molar-refractivity contribution in [2.24, 2.45) is 0 Å². The lowest BCUT2D eigenvalue weighted by Gasteiger charge is -2.18. The molecule has 0 fully saturated rings. The van der Waals surface area contributed by atoms with Crippen molar-refractivity contribution in [1.82, 2.24) is 0 Å². The molecule has 0 spiro atoms. The van der Waals surface area contributed by atoms with Crippen LogP contribution in [0.4, 0.5) is 5.69 Å². The Labute approximate surface area is 177 Å². The van der Waals surface area contributed by atoms with Crippen molar-refractivity contribution in [3.05, 3.63) is 88.5 Å². The third-order valence-electron chi connectivity index (χ3n) is 5.30. The highest BCUT2D eigenvalue weighted by Gasteiger charge is 2.32. The Kier molecular flexibility index (Phi) is 5.25. The van der Waals surface area contributed by atoms with Crippen molar-refractivity contribution in [3.8, 4) is 11.5 Å². The zero-order chi connectivity index (χ0) is 21.3. The molecule has 4 rings (SSSR count). The summed E-state index contributed by atoms with van der Waals surface area (Å²) in [6.45, 7) is 8.61. The van der Waals surface area contributed by atoms with Gasteiger partial charge in [0.25, 0.3) is 5.91 Å². The molecule has 4 nitrogen and oxygen atoms in total. The molecule has 3 aromatic carbocycles. The number of carbonyl (C=O) groups excluding carboxylic acids is 1. The lowest BCUT2D eigenvalue weighted by molar-refractivity contribution is 0.102. The molecule has 0 unspecified atom stereocenters. The standard InChI is InChI=1S/C26H27NO3/c1-17-8-13-22(18(2)14-17)27-25(28)20-11-9-19(10-12-20)16-29-23-7-5-6-21-15-26(3,4)30-24(21)23/h5-14H,15-16H2,1-4H3,(H,27,28). The van der Waals surface area contributed by atoms with E-state index in [4.69, 9.17) is 9.47 Å². The molecule has 1 aliphatic heterocycles. The second-order valence-corrected chi connectivity index (χ2v) is 8.54. The summed E-state index contributed by atoms with van der Waals surface area (Å²) in [5, 5.41) is 2.98. The van der Waals surface area contributed by atoms with Crippen LogP contribution in [0.1, 0.15) is 46.5 Å². The van der Waals surface area contributed by atoms with Crippen molar-refractivity contribution in [1.29, 1.82) is 0 Å². The minimum atomic E-state index is -0.202. The predicted octanol–water partition coefficient (Wildman–Crippen LogP) is 5.85. The summed E-state index contributed by atoms with van der Waals surface area (Å²) in [4.78, 5) is 12.6. The Balaban J connectivity index is 1.40. The first kappa shape index (κ1) is 20.0. The van der Waals surface area contributed by atoms with Gasteiger partial charge in [-0.05, 0) is 63.1 Å². The van der Waals surface area contributed by atoms with Crippen molar-refractivity contribution < 1.29 is 14.3 Å². The molecule has 0 bridgehead atoms. The number of amides is 1. The maximum absolute atomic E-state index is 12.6. The molecule has 0 aromatic heterocycles. The Hall–Kier alpha value is -3.27. The third-order valence-corrected chi connectivity index (χ3v) is 5.30. The summed E-state index contributed by atoms with van der Waals surface area (Å²) in [6, 6.07) is 19.5. The highest BCUT2D eigenvalue weighted by Crippen LogP contribution is 2.41. The summed E-state index contributed by atoms with van der Waals surface area (Å²) < 4.78 is 12.1. The Morgan fingerprint density at radius 2 is 1.83 bits per heavy atom. The van der Waals surface area contributed by atoms with Crippen LogP contribution >= 0.6 is 0 Å². The monoisotopic (exact) mass is 401 g/mol. The maximum atomic E-state index is 12.6. The fraction of sp³-hybridized carbons (Fsp3) is 0.269. The highest BCUT2D eigenvalue weighted by molar-refractivity contribution is 6.04. The zero-order valence-electron chi connectivity index (χ0n) is 17.9. The number of ether oxygens (including phenoxy) is 2. The molecule has 1 amide bonds. The lowest BCUT2D eigenvalue weighted by Crippen LogP contribution is -2.24. The lowest BCUT2D eigenvalue weighted by atomic mass is 10.0. The number of carbonyl (C=O) groups is 1. The van der Waals surface area contributed by atoms with Crippen molar-refractivity contribution in [2.45, 2.75) is 46.3 Å².